The summed E-state index contributed by atoms with van der Waals surface area (Å²) in [4.78, 5) is 47.8. The van der Waals surface area contributed by atoms with Crippen molar-refractivity contribution in [2.75, 3.05) is 32.8 Å². The first-order chi connectivity index (χ1) is 23.3. The van der Waals surface area contributed by atoms with E-state index in [1.165, 1.54) is 6.92 Å². The molecule has 264 valence electrons. The van der Waals surface area contributed by atoms with Gasteiger partial charge in [0.25, 0.3) is 5.91 Å². The second-order valence-electron chi connectivity index (χ2n) is 13.9. The monoisotopic (exact) mass is 680 g/mol. The first-order valence-electron chi connectivity index (χ1n) is 16.9. The Morgan fingerprint density at radius 1 is 1.06 bits per heavy atom. The molecule has 12 heteroatoms. The topological polar surface area (TPSA) is 103 Å². The standard InChI is InChI=1S/C37H46F2N4O6/c1-24(48-25(2)44)35(45)43(22-27-13-16-41(21-27)36(46)49-37(3,4)5)33(28-14-17-47-18-15-28)34-40-32(30-19-29(38)11-12-31(30)39)23-42(34)20-26-9-7-6-8-10-26/h6-12,19,23-24,27-28,33H,13-18,20-22H2,1-5H3/t24-,27-,33+/m0/s1. The highest BCUT2D eigenvalue weighted by Gasteiger charge is 2.41. The maximum atomic E-state index is 15.2. The largest absolute Gasteiger partial charge is 0.453 e. The Hall–Kier alpha value is -4.32. The van der Waals surface area contributed by atoms with Gasteiger partial charge in [-0.15, -0.1) is 0 Å². The number of halogens is 2. The summed E-state index contributed by atoms with van der Waals surface area (Å²) in [5.74, 6) is -1.94. The Morgan fingerprint density at radius 2 is 1.78 bits per heavy atom. The molecular weight excluding hydrogens is 634 g/mol. The van der Waals surface area contributed by atoms with Gasteiger partial charge >= 0.3 is 12.1 Å². The number of aromatic nitrogens is 2. The molecule has 2 saturated heterocycles. The van der Waals surface area contributed by atoms with E-state index in [2.05, 4.69) is 0 Å². The SMILES string of the molecule is CC(=O)O[C@@H](C)C(=O)N(C[C@H]1CCN(C(=O)OC(C)(C)C)C1)[C@@H](c1nc(-c2cc(F)ccc2F)cn1Cc1ccccc1)C1CCOCC1. The second kappa shape index (κ2) is 15.5. The molecule has 2 amide bonds. The Labute approximate surface area is 286 Å². The van der Waals surface area contributed by atoms with Gasteiger partial charge in [0.1, 0.15) is 23.1 Å². The Bertz CT molecular complexity index is 1620. The van der Waals surface area contributed by atoms with Crippen LogP contribution in [-0.2, 0) is 30.3 Å². The maximum absolute atomic E-state index is 15.2. The molecule has 0 unspecified atom stereocenters. The van der Waals surface area contributed by atoms with Crippen molar-refractivity contribution in [2.45, 2.75) is 78.2 Å². The average molecular weight is 681 g/mol. The quantitative estimate of drug-likeness (QED) is 0.229. The lowest BCUT2D eigenvalue weighted by molar-refractivity contribution is -0.160. The number of imidazole rings is 1. The van der Waals surface area contributed by atoms with Gasteiger partial charge in [0.15, 0.2) is 6.10 Å². The van der Waals surface area contributed by atoms with Crippen molar-refractivity contribution in [3.63, 3.8) is 0 Å². The maximum Gasteiger partial charge on any atom is 0.410 e. The minimum absolute atomic E-state index is 0.00809. The fourth-order valence-electron chi connectivity index (χ4n) is 6.66. The van der Waals surface area contributed by atoms with Crippen LogP contribution in [0.2, 0.25) is 0 Å². The van der Waals surface area contributed by atoms with Crippen LogP contribution >= 0.6 is 0 Å². The predicted octanol–water partition coefficient (Wildman–Crippen LogP) is 6.38. The number of likely N-dealkylation sites (tertiary alicyclic amines) is 1. The number of nitrogens with zero attached hydrogens (tertiary/aromatic N) is 4. The third-order valence-electron chi connectivity index (χ3n) is 8.89. The number of hydrogen-bond donors (Lipinski definition) is 0. The molecule has 3 aromatic rings. The molecule has 0 N–H and O–H groups in total. The van der Waals surface area contributed by atoms with E-state index >= 15 is 4.39 Å². The normalized spacial score (nSPS) is 18.2. The predicted molar refractivity (Wildman–Crippen MR) is 178 cm³/mol. The van der Waals surface area contributed by atoms with Crippen LogP contribution in [0.3, 0.4) is 0 Å². The fourth-order valence-corrected chi connectivity index (χ4v) is 6.66. The number of ether oxygens (including phenoxy) is 3. The van der Waals surface area contributed by atoms with Crippen molar-refractivity contribution >= 4 is 18.0 Å². The molecule has 5 rings (SSSR count). The molecule has 3 heterocycles. The highest BCUT2D eigenvalue weighted by atomic mass is 19.1. The summed E-state index contributed by atoms with van der Waals surface area (Å²) < 4.78 is 48.3. The molecule has 1 aromatic heterocycles. The van der Waals surface area contributed by atoms with Gasteiger partial charge in [-0.1, -0.05) is 30.3 Å². The molecule has 0 saturated carbocycles. The van der Waals surface area contributed by atoms with Crippen LogP contribution in [0.5, 0.6) is 0 Å². The van der Waals surface area contributed by atoms with Crippen LogP contribution in [0.15, 0.2) is 54.7 Å². The van der Waals surface area contributed by atoms with Crippen molar-refractivity contribution in [1.29, 1.82) is 0 Å². The summed E-state index contributed by atoms with van der Waals surface area (Å²) in [6.07, 6.45) is 2.05. The Morgan fingerprint density at radius 3 is 2.45 bits per heavy atom. The van der Waals surface area contributed by atoms with Crippen molar-refractivity contribution in [1.82, 2.24) is 19.4 Å². The number of hydrogen-bond acceptors (Lipinski definition) is 7. The third-order valence-corrected chi connectivity index (χ3v) is 8.89. The van der Waals surface area contributed by atoms with Gasteiger partial charge in [-0.3, -0.25) is 9.59 Å². The van der Waals surface area contributed by atoms with E-state index in [0.717, 1.165) is 23.8 Å². The van der Waals surface area contributed by atoms with Gasteiger partial charge < -0.3 is 28.6 Å². The Balaban J connectivity index is 1.60. The van der Waals surface area contributed by atoms with Gasteiger partial charge in [-0.25, -0.2) is 18.6 Å². The van der Waals surface area contributed by atoms with Crippen molar-refractivity contribution in [3.05, 3.63) is 77.8 Å². The van der Waals surface area contributed by atoms with Gasteiger partial charge in [-0.2, -0.15) is 0 Å². The lowest BCUT2D eigenvalue weighted by Crippen LogP contribution is -2.48. The third kappa shape index (κ3) is 9.23. The van der Waals surface area contributed by atoms with Crippen LogP contribution in [-0.4, -0.2) is 81.9 Å². The number of esters is 1. The van der Waals surface area contributed by atoms with E-state index in [4.69, 9.17) is 19.2 Å². The first kappa shape index (κ1) is 36.0. The molecule has 0 aliphatic carbocycles. The summed E-state index contributed by atoms with van der Waals surface area (Å²) in [6, 6.07) is 12.3. The summed E-state index contributed by atoms with van der Waals surface area (Å²) >= 11 is 0. The number of benzene rings is 2. The zero-order chi connectivity index (χ0) is 35.3. The zero-order valence-electron chi connectivity index (χ0n) is 28.9. The number of rotatable bonds is 10. The molecule has 0 bridgehead atoms. The molecule has 2 fully saturated rings. The molecule has 0 spiro atoms. The summed E-state index contributed by atoms with van der Waals surface area (Å²) in [5, 5.41) is 0. The fraction of sp³-hybridized carbons (Fsp3) is 0.514. The van der Waals surface area contributed by atoms with Crippen LogP contribution in [0, 0.1) is 23.5 Å². The van der Waals surface area contributed by atoms with Crippen LogP contribution in [0.4, 0.5) is 13.6 Å². The highest BCUT2D eigenvalue weighted by molar-refractivity contribution is 5.83. The van der Waals surface area contributed by atoms with Crippen molar-refractivity contribution in [3.8, 4) is 11.3 Å². The second-order valence-corrected chi connectivity index (χ2v) is 13.9. The van der Waals surface area contributed by atoms with Gasteiger partial charge in [0, 0.05) is 58.1 Å². The first-order valence-corrected chi connectivity index (χ1v) is 16.9. The van der Waals surface area contributed by atoms with E-state index in [1.807, 2.05) is 55.7 Å². The van der Waals surface area contributed by atoms with E-state index in [1.54, 1.807) is 22.9 Å². The summed E-state index contributed by atoms with van der Waals surface area (Å²) in [5.41, 5.74) is 0.540. The van der Waals surface area contributed by atoms with Crippen LogP contribution in [0.25, 0.3) is 11.3 Å². The molecule has 2 aliphatic heterocycles. The minimum atomic E-state index is -1.10. The lowest BCUT2D eigenvalue weighted by atomic mass is 9.88. The molecular formula is C37H46F2N4O6. The van der Waals surface area contributed by atoms with Crippen LogP contribution in [0.1, 0.15) is 71.3 Å². The molecule has 3 atom stereocenters. The molecule has 10 nitrogen and oxygen atoms in total. The summed E-state index contributed by atoms with van der Waals surface area (Å²) in [6.45, 7) is 10.6. The molecule has 49 heavy (non-hydrogen) atoms. The smallest absolute Gasteiger partial charge is 0.410 e. The highest BCUT2D eigenvalue weighted by Crippen LogP contribution is 2.39. The van der Waals surface area contributed by atoms with Crippen molar-refractivity contribution in [2.24, 2.45) is 11.8 Å². The van der Waals surface area contributed by atoms with E-state index in [-0.39, 0.29) is 29.6 Å². The van der Waals surface area contributed by atoms with Crippen molar-refractivity contribution < 1.29 is 37.4 Å². The lowest BCUT2D eigenvalue weighted by Gasteiger charge is -2.40. The number of carbonyl (C=O) groups is 3. The number of carbonyl (C=O) groups excluding carboxylic acids is 3. The van der Waals surface area contributed by atoms with E-state index in [9.17, 15) is 18.8 Å². The molecule has 0 radical (unpaired) electrons. The molecule has 2 aromatic carbocycles. The van der Waals surface area contributed by atoms with Crippen LogP contribution < -0.4 is 0 Å². The van der Waals surface area contributed by atoms with E-state index < -0.39 is 47.4 Å². The zero-order valence-corrected chi connectivity index (χ0v) is 28.9. The number of amides is 2. The minimum Gasteiger partial charge on any atom is -0.453 e. The summed E-state index contributed by atoms with van der Waals surface area (Å²) in [7, 11) is 0. The Kier molecular flexibility index (Phi) is 11.4. The van der Waals surface area contributed by atoms with Gasteiger partial charge in [-0.05, 0) is 82.6 Å². The van der Waals surface area contributed by atoms with E-state index in [0.29, 0.717) is 57.9 Å². The van der Waals surface area contributed by atoms with Gasteiger partial charge in [0.2, 0.25) is 0 Å². The molecule has 2 aliphatic rings. The average Bonchev–Trinajstić information content (AvgIpc) is 3.69. The van der Waals surface area contributed by atoms with Gasteiger partial charge in [0.05, 0.1) is 11.7 Å².